The van der Waals surface area contributed by atoms with Crippen LogP contribution in [0.3, 0.4) is 0 Å². The monoisotopic (exact) mass is 497 g/mol. The summed E-state index contributed by atoms with van der Waals surface area (Å²) in [5, 5.41) is 2.89. The van der Waals surface area contributed by atoms with E-state index in [2.05, 4.69) is 10.1 Å². The summed E-state index contributed by atoms with van der Waals surface area (Å²) >= 11 is 0. The van der Waals surface area contributed by atoms with Crippen LogP contribution in [0.15, 0.2) is 29.3 Å². The molecule has 0 amide bonds. The van der Waals surface area contributed by atoms with Gasteiger partial charge in [-0.1, -0.05) is 18.9 Å². The number of anilines is 1. The number of nitrogens with one attached hydrogen (secondary N) is 1. The summed E-state index contributed by atoms with van der Waals surface area (Å²) in [5.41, 5.74) is 6.56. The Kier molecular flexibility index (Phi) is 5.81. The predicted molar refractivity (Wildman–Crippen MR) is 106 cm³/mol. The van der Waals surface area contributed by atoms with Crippen LogP contribution in [0.25, 0.3) is 0 Å². The number of rotatable bonds is 3. The summed E-state index contributed by atoms with van der Waals surface area (Å²) in [6.07, 6.45) is 1.12. The van der Waals surface area contributed by atoms with E-state index in [0.29, 0.717) is 11.6 Å². The number of nitrogens with two attached hydrogens (primary N) is 1. The van der Waals surface area contributed by atoms with Crippen LogP contribution in [0.2, 0.25) is 0 Å². The molecular formula is C18H23F3IN3O2. The fraction of sp³-hybridized carbons (Fsp3) is 0.611. The molecule has 2 aliphatic carbocycles. The van der Waals surface area contributed by atoms with Crippen molar-refractivity contribution >= 4 is 35.6 Å². The van der Waals surface area contributed by atoms with Crippen LogP contribution in [-0.4, -0.2) is 31.1 Å². The Labute approximate surface area is 172 Å². The molecule has 1 aliphatic heterocycles. The summed E-state index contributed by atoms with van der Waals surface area (Å²) in [5.74, 6) is 0.319. The van der Waals surface area contributed by atoms with Gasteiger partial charge in [0, 0.05) is 29.7 Å². The van der Waals surface area contributed by atoms with Crippen LogP contribution >= 0.6 is 24.0 Å². The topological polar surface area (TPSA) is 68.9 Å². The van der Waals surface area contributed by atoms with Gasteiger partial charge in [0.25, 0.3) is 0 Å². The number of guanidine groups is 1. The second-order valence-electron chi connectivity index (χ2n) is 7.34. The molecule has 150 valence electrons. The number of ether oxygens (including phenoxy) is 2. The number of aliphatic imine (C=N–C) groups is 1. The molecule has 0 aromatic heterocycles. The predicted octanol–water partition coefficient (Wildman–Crippen LogP) is 4.28. The van der Waals surface area contributed by atoms with E-state index in [1.807, 2.05) is 0 Å². The summed E-state index contributed by atoms with van der Waals surface area (Å²) < 4.78 is 46.9. The van der Waals surface area contributed by atoms with Crippen LogP contribution in [0.4, 0.5) is 18.9 Å². The van der Waals surface area contributed by atoms with Crippen molar-refractivity contribution in [1.29, 1.82) is 0 Å². The molecular weight excluding hydrogens is 474 g/mol. The van der Waals surface area contributed by atoms with Gasteiger partial charge >= 0.3 is 6.36 Å². The maximum absolute atomic E-state index is 12.4. The van der Waals surface area contributed by atoms with Gasteiger partial charge in [-0.3, -0.25) is 0 Å². The summed E-state index contributed by atoms with van der Waals surface area (Å²) in [7, 11) is 0. The van der Waals surface area contributed by atoms with Crippen molar-refractivity contribution in [3.8, 4) is 5.75 Å². The first kappa shape index (κ1) is 20.5. The highest BCUT2D eigenvalue weighted by Gasteiger charge is 2.65. The molecule has 9 heteroatoms. The van der Waals surface area contributed by atoms with E-state index in [4.69, 9.17) is 15.5 Å². The second kappa shape index (κ2) is 7.65. The molecule has 0 radical (unpaired) electrons. The minimum Gasteiger partial charge on any atom is -0.406 e. The molecule has 3 N–H and O–H groups in total. The molecule has 1 spiro atoms. The number of benzene rings is 1. The van der Waals surface area contributed by atoms with Crippen LogP contribution in [-0.2, 0) is 4.74 Å². The molecule has 1 aromatic rings. The van der Waals surface area contributed by atoms with E-state index in [0.717, 1.165) is 25.9 Å². The van der Waals surface area contributed by atoms with E-state index in [1.165, 1.54) is 31.0 Å². The van der Waals surface area contributed by atoms with E-state index in [9.17, 15) is 13.2 Å². The van der Waals surface area contributed by atoms with Gasteiger partial charge in [0.15, 0.2) is 5.96 Å². The zero-order valence-corrected chi connectivity index (χ0v) is 17.0. The first-order chi connectivity index (χ1) is 12.4. The molecule has 0 bridgehead atoms. The average Bonchev–Trinajstić information content (AvgIpc) is 3.20. The number of hydrogen-bond acceptors (Lipinski definition) is 3. The summed E-state index contributed by atoms with van der Waals surface area (Å²) in [6, 6.07) is 5.72. The number of alkyl halides is 3. The fourth-order valence-corrected chi connectivity index (χ4v) is 4.94. The van der Waals surface area contributed by atoms with E-state index in [-0.39, 0.29) is 53.2 Å². The van der Waals surface area contributed by atoms with E-state index >= 15 is 0 Å². The van der Waals surface area contributed by atoms with Crippen LogP contribution in [0.5, 0.6) is 5.75 Å². The van der Waals surface area contributed by atoms with Crippen LogP contribution in [0, 0.1) is 11.3 Å². The smallest absolute Gasteiger partial charge is 0.406 e. The lowest BCUT2D eigenvalue weighted by molar-refractivity contribution is -0.274. The molecule has 1 heterocycles. The second-order valence-corrected chi connectivity index (χ2v) is 7.34. The van der Waals surface area contributed by atoms with Crippen molar-refractivity contribution in [2.75, 3.05) is 11.9 Å². The largest absolute Gasteiger partial charge is 0.573 e. The zero-order valence-electron chi connectivity index (χ0n) is 14.7. The van der Waals surface area contributed by atoms with Crippen molar-refractivity contribution in [3.05, 3.63) is 24.3 Å². The molecule has 27 heavy (non-hydrogen) atoms. The maximum atomic E-state index is 12.4. The van der Waals surface area contributed by atoms with Gasteiger partial charge in [0.1, 0.15) is 5.75 Å². The van der Waals surface area contributed by atoms with Gasteiger partial charge < -0.3 is 20.5 Å². The minimum absolute atomic E-state index is 0. The van der Waals surface area contributed by atoms with Crippen LogP contribution < -0.4 is 15.8 Å². The number of fused-ring (bicyclic) bond motifs is 2. The fourth-order valence-electron chi connectivity index (χ4n) is 4.94. The Morgan fingerprint density at radius 1 is 1.30 bits per heavy atom. The Balaban J connectivity index is 0.00000210. The molecule has 3 unspecified atom stereocenters. The lowest BCUT2D eigenvalue weighted by Gasteiger charge is -2.54. The highest BCUT2D eigenvalue weighted by atomic mass is 127. The molecule has 1 saturated heterocycles. The van der Waals surface area contributed by atoms with Gasteiger partial charge in [0.05, 0.1) is 12.1 Å². The van der Waals surface area contributed by atoms with Gasteiger partial charge in [-0.15, -0.1) is 37.1 Å². The standard InChI is InChI=1S/C18H22F3N3O2.HI/c19-18(20,21)26-12-5-3-4-11(10-12)23-16(22)24-14-13-6-9-25-15(13)17(14)7-1-2-8-17;/h3-5,10,13-15H,1-2,6-9H2,(H3,22,23,24);1H. The molecule has 3 fully saturated rings. The molecule has 2 saturated carbocycles. The average molecular weight is 497 g/mol. The molecule has 3 atom stereocenters. The SMILES string of the molecule is I.NC(=NC1C2CCOC2C12CCCC2)Nc1cccc(OC(F)(F)F)c1. The Morgan fingerprint density at radius 2 is 2.04 bits per heavy atom. The molecule has 1 aromatic carbocycles. The minimum atomic E-state index is -4.73. The van der Waals surface area contributed by atoms with E-state index < -0.39 is 6.36 Å². The Hall–Kier alpha value is -1.23. The first-order valence-electron chi connectivity index (χ1n) is 8.95. The summed E-state index contributed by atoms with van der Waals surface area (Å²) in [6.45, 7) is 0.771. The van der Waals surface area contributed by atoms with Crippen molar-refractivity contribution in [2.24, 2.45) is 22.1 Å². The maximum Gasteiger partial charge on any atom is 0.573 e. The quantitative estimate of drug-likeness (QED) is 0.372. The summed E-state index contributed by atoms with van der Waals surface area (Å²) in [4.78, 5) is 4.70. The zero-order chi connectivity index (χ0) is 18.4. The third-order valence-electron chi connectivity index (χ3n) is 5.85. The number of hydrogen-bond donors (Lipinski definition) is 2. The highest BCUT2D eigenvalue weighted by Crippen LogP contribution is 2.62. The van der Waals surface area contributed by atoms with Gasteiger partial charge in [-0.25, -0.2) is 4.99 Å². The third-order valence-corrected chi connectivity index (χ3v) is 5.85. The van der Waals surface area contributed by atoms with Gasteiger partial charge in [-0.2, -0.15) is 0 Å². The number of halogens is 4. The lowest BCUT2D eigenvalue weighted by atomic mass is 9.54. The third kappa shape index (κ3) is 3.98. The normalized spacial score (nSPS) is 29.0. The highest BCUT2D eigenvalue weighted by molar-refractivity contribution is 14.0. The lowest BCUT2D eigenvalue weighted by Crippen LogP contribution is -2.61. The first-order valence-corrected chi connectivity index (χ1v) is 8.95. The van der Waals surface area contributed by atoms with Gasteiger partial charge in [-0.05, 0) is 31.4 Å². The van der Waals surface area contributed by atoms with Crippen molar-refractivity contribution in [3.63, 3.8) is 0 Å². The van der Waals surface area contributed by atoms with Crippen molar-refractivity contribution in [2.45, 2.75) is 50.6 Å². The van der Waals surface area contributed by atoms with Gasteiger partial charge in [0.2, 0.25) is 0 Å². The molecule has 4 rings (SSSR count). The van der Waals surface area contributed by atoms with Crippen LogP contribution in [0.1, 0.15) is 32.1 Å². The van der Waals surface area contributed by atoms with E-state index in [1.54, 1.807) is 6.07 Å². The molecule has 3 aliphatic rings. The molecule has 5 nitrogen and oxygen atoms in total. The Bertz CT molecular complexity index is 707. The Morgan fingerprint density at radius 3 is 2.74 bits per heavy atom. The number of nitrogens with zero attached hydrogens (tertiary/aromatic N) is 1. The van der Waals surface area contributed by atoms with Crippen molar-refractivity contribution < 1.29 is 22.6 Å². The van der Waals surface area contributed by atoms with Crippen molar-refractivity contribution in [1.82, 2.24) is 0 Å².